The van der Waals surface area contributed by atoms with Crippen molar-refractivity contribution < 1.29 is 0 Å². The van der Waals surface area contributed by atoms with E-state index in [4.69, 9.17) is 5.84 Å². The molecule has 4 heteroatoms. The minimum absolute atomic E-state index is 0.0343. The number of benzene rings is 2. The van der Waals surface area contributed by atoms with Gasteiger partial charge in [0, 0.05) is 23.8 Å². The normalized spacial score (nSPS) is 10.7. The van der Waals surface area contributed by atoms with Crippen molar-refractivity contribution in [1.29, 1.82) is 0 Å². The second kappa shape index (κ2) is 5.81. The highest BCUT2D eigenvalue weighted by Gasteiger charge is 2.03. The average molecular weight is 279 g/mol. The van der Waals surface area contributed by atoms with Gasteiger partial charge in [0.15, 0.2) is 0 Å². The molecular weight excluding hydrogens is 262 g/mol. The Balaban J connectivity index is 1.90. The molecule has 0 unspecified atom stereocenters. The van der Waals surface area contributed by atoms with Crippen LogP contribution in [-0.2, 0) is 13.0 Å². The number of fused-ring (bicyclic) bond motifs is 1. The van der Waals surface area contributed by atoms with Gasteiger partial charge in [0.2, 0.25) is 0 Å². The Hall–Kier alpha value is -2.59. The predicted molar refractivity (Wildman–Crippen MR) is 86.2 cm³/mol. The summed E-state index contributed by atoms with van der Waals surface area (Å²) in [5, 5.41) is 1.61. The van der Waals surface area contributed by atoms with Crippen LogP contribution in [0.1, 0.15) is 5.56 Å². The highest BCUT2D eigenvalue weighted by molar-refractivity contribution is 5.84. The third-order valence-corrected chi connectivity index (χ3v) is 3.63. The van der Waals surface area contributed by atoms with Gasteiger partial charge >= 0.3 is 0 Å². The molecule has 21 heavy (non-hydrogen) atoms. The number of aryl methyl sites for hydroxylation is 2. The zero-order chi connectivity index (χ0) is 14.7. The number of nitrogens with two attached hydrogens (primary N) is 1. The zero-order valence-electron chi connectivity index (χ0n) is 11.6. The Morgan fingerprint density at radius 3 is 2.62 bits per heavy atom. The molecule has 4 nitrogen and oxygen atoms in total. The van der Waals surface area contributed by atoms with E-state index < -0.39 is 0 Å². The zero-order valence-corrected chi connectivity index (χ0v) is 11.6. The Morgan fingerprint density at radius 2 is 1.86 bits per heavy atom. The minimum Gasteiger partial charge on any atom is -0.324 e. The van der Waals surface area contributed by atoms with E-state index in [-0.39, 0.29) is 5.56 Å². The van der Waals surface area contributed by atoms with Gasteiger partial charge in [0.1, 0.15) is 0 Å². The topological polar surface area (TPSA) is 60.0 Å². The molecule has 2 aromatic carbocycles. The largest absolute Gasteiger partial charge is 0.324 e. The molecule has 1 heterocycles. The standard InChI is InChI=1S/C17H17N3O/c18-19-15-6-7-16-14(12-15)9-11-20(17(16)21)10-8-13-4-2-1-3-5-13/h1-7,9,11-12,19H,8,10,18H2. The lowest BCUT2D eigenvalue weighted by Gasteiger charge is -2.08. The van der Waals surface area contributed by atoms with Crippen LogP contribution in [0.25, 0.3) is 10.8 Å². The number of nitrogen functional groups attached to an aromatic ring is 1. The van der Waals surface area contributed by atoms with Crippen molar-refractivity contribution in [3.63, 3.8) is 0 Å². The first-order chi connectivity index (χ1) is 10.3. The molecule has 0 fully saturated rings. The van der Waals surface area contributed by atoms with Crippen LogP contribution in [0.5, 0.6) is 0 Å². The molecule has 3 rings (SSSR count). The first-order valence-electron chi connectivity index (χ1n) is 6.92. The summed E-state index contributed by atoms with van der Waals surface area (Å²) >= 11 is 0. The number of anilines is 1. The summed E-state index contributed by atoms with van der Waals surface area (Å²) in [6.07, 6.45) is 2.68. The fourth-order valence-corrected chi connectivity index (χ4v) is 2.45. The van der Waals surface area contributed by atoms with Gasteiger partial charge in [-0.3, -0.25) is 10.6 Å². The van der Waals surface area contributed by atoms with Gasteiger partial charge in [0.25, 0.3) is 5.56 Å². The van der Waals surface area contributed by atoms with Crippen molar-refractivity contribution in [3.05, 3.63) is 76.7 Å². The van der Waals surface area contributed by atoms with Crippen LogP contribution in [0.15, 0.2) is 65.6 Å². The van der Waals surface area contributed by atoms with Crippen LogP contribution >= 0.6 is 0 Å². The SMILES string of the molecule is NNc1ccc2c(=O)n(CCc3ccccc3)ccc2c1. The fourth-order valence-electron chi connectivity index (χ4n) is 2.45. The van der Waals surface area contributed by atoms with E-state index in [1.165, 1.54) is 5.56 Å². The lowest BCUT2D eigenvalue weighted by molar-refractivity contribution is 0.675. The minimum atomic E-state index is 0.0343. The molecule has 3 aromatic rings. The summed E-state index contributed by atoms with van der Waals surface area (Å²) < 4.78 is 1.75. The Labute approximate surface area is 122 Å². The van der Waals surface area contributed by atoms with Gasteiger partial charge in [-0.1, -0.05) is 30.3 Å². The van der Waals surface area contributed by atoms with E-state index in [0.29, 0.717) is 11.9 Å². The van der Waals surface area contributed by atoms with Crippen molar-refractivity contribution in [2.24, 2.45) is 5.84 Å². The molecule has 0 bridgehead atoms. The molecule has 3 N–H and O–H groups in total. The molecule has 0 aliphatic rings. The molecule has 0 atom stereocenters. The van der Waals surface area contributed by atoms with Crippen LogP contribution in [0, 0.1) is 0 Å². The van der Waals surface area contributed by atoms with E-state index >= 15 is 0 Å². The molecule has 0 aliphatic heterocycles. The molecular formula is C17H17N3O. The van der Waals surface area contributed by atoms with Crippen LogP contribution < -0.4 is 16.8 Å². The monoisotopic (exact) mass is 279 g/mol. The maximum Gasteiger partial charge on any atom is 0.258 e. The van der Waals surface area contributed by atoms with Crippen molar-refractivity contribution in [2.45, 2.75) is 13.0 Å². The predicted octanol–water partition coefficient (Wildman–Crippen LogP) is 2.53. The molecule has 0 amide bonds. The molecule has 1 aromatic heterocycles. The Bertz CT molecular complexity index is 809. The van der Waals surface area contributed by atoms with Crippen LogP contribution in [0.2, 0.25) is 0 Å². The van der Waals surface area contributed by atoms with Gasteiger partial charge in [-0.2, -0.15) is 0 Å². The molecule has 0 aliphatic carbocycles. The highest BCUT2D eigenvalue weighted by Crippen LogP contribution is 2.15. The van der Waals surface area contributed by atoms with Crippen molar-refractivity contribution in [1.82, 2.24) is 4.57 Å². The Kier molecular flexibility index (Phi) is 3.71. The van der Waals surface area contributed by atoms with Crippen molar-refractivity contribution >= 4 is 16.5 Å². The number of hydrogen-bond donors (Lipinski definition) is 2. The lowest BCUT2D eigenvalue weighted by Crippen LogP contribution is -2.20. The molecule has 0 saturated heterocycles. The third-order valence-electron chi connectivity index (χ3n) is 3.63. The van der Waals surface area contributed by atoms with Gasteiger partial charge in [-0.25, -0.2) is 0 Å². The molecule has 106 valence electrons. The number of pyridine rings is 1. The summed E-state index contributed by atoms with van der Waals surface area (Å²) in [5.74, 6) is 5.39. The quantitative estimate of drug-likeness (QED) is 0.570. The summed E-state index contributed by atoms with van der Waals surface area (Å²) in [5.41, 5.74) is 4.65. The fraction of sp³-hybridized carbons (Fsp3) is 0.118. The van der Waals surface area contributed by atoms with Gasteiger partial charge in [-0.05, 0) is 41.6 Å². The first-order valence-corrected chi connectivity index (χ1v) is 6.92. The second-order valence-electron chi connectivity index (χ2n) is 5.00. The lowest BCUT2D eigenvalue weighted by atomic mass is 10.1. The number of aromatic nitrogens is 1. The van der Waals surface area contributed by atoms with E-state index in [2.05, 4.69) is 17.6 Å². The van der Waals surface area contributed by atoms with Gasteiger partial charge < -0.3 is 9.99 Å². The highest BCUT2D eigenvalue weighted by atomic mass is 16.1. The summed E-state index contributed by atoms with van der Waals surface area (Å²) in [4.78, 5) is 12.5. The van der Waals surface area contributed by atoms with Crippen LogP contribution in [-0.4, -0.2) is 4.57 Å². The maximum absolute atomic E-state index is 12.5. The Morgan fingerprint density at radius 1 is 1.05 bits per heavy atom. The number of nitrogens with one attached hydrogen (secondary N) is 1. The van der Waals surface area contributed by atoms with E-state index in [0.717, 1.165) is 17.5 Å². The average Bonchev–Trinajstić information content (AvgIpc) is 2.55. The summed E-state index contributed by atoms with van der Waals surface area (Å²) in [6, 6.07) is 17.6. The maximum atomic E-state index is 12.5. The van der Waals surface area contributed by atoms with E-state index in [1.54, 1.807) is 4.57 Å². The van der Waals surface area contributed by atoms with Crippen LogP contribution in [0.3, 0.4) is 0 Å². The third kappa shape index (κ3) is 2.80. The van der Waals surface area contributed by atoms with Crippen molar-refractivity contribution in [2.75, 3.05) is 5.43 Å². The number of nitrogens with zero attached hydrogens (tertiary/aromatic N) is 1. The summed E-state index contributed by atoms with van der Waals surface area (Å²) in [6.45, 7) is 0.676. The first kappa shape index (κ1) is 13.4. The van der Waals surface area contributed by atoms with E-state index in [9.17, 15) is 4.79 Å². The number of rotatable bonds is 4. The second-order valence-corrected chi connectivity index (χ2v) is 5.00. The molecule has 0 radical (unpaired) electrons. The van der Waals surface area contributed by atoms with Crippen LogP contribution in [0.4, 0.5) is 5.69 Å². The van der Waals surface area contributed by atoms with Gasteiger partial charge in [0.05, 0.1) is 0 Å². The summed E-state index contributed by atoms with van der Waals surface area (Å²) in [7, 11) is 0. The molecule has 0 spiro atoms. The number of hydrogen-bond acceptors (Lipinski definition) is 3. The smallest absolute Gasteiger partial charge is 0.258 e. The van der Waals surface area contributed by atoms with Crippen molar-refractivity contribution in [3.8, 4) is 0 Å². The van der Waals surface area contributed by atoms with Gasteiger partial charge in [-0.15, -0.1) is 0 Å². The number of hydrazine groups is 1. The molecule has 0 saturated carbocycles. The van der Waals surface area contributed by atoms with E-state index in [1.807, 2.05) is 48.7 Å².